The van der Waals surface area contributed by atoms with E-state index in [-0.39, 0.29) is 23.0 Å². The molecule has 3 amide bonds. The fourth-order valence-corrected chi connectivity index (χ4v) is 5.67. The molecule has 0 saturated carbocycles. The van der Waals surface area contributed by atoms with Crippen LogP contribution in [-0.2, 0) is 31.0 Å². The number of carbonyl (C=O) groups excluding carboxylic acids is 3. The highest BCUT2D eigenvalue weighted by molar-refractivity contribution is 7.93. The smallest absolute Gasteiger partial charge is 0.265 e. The third-order valence-electron chi connectivity index (χ3n) is 5.83. The molecule has 1 atom stereocenters. The number of anilines is 3. The summed E-state index contributed by atoms with van der Waals surface area (Å²) in [4.78, 5) is 37.2. The van der Waals surface area contributed by atoms with Crippen molar-refractivity contribution < 1.29 is 27.5 Å². The molecule has 38 heavy (non-hydrogen) atoms. The molecule has 1 aliphatic heterocycles. The van der Waals surface area contributed by atoms with E-state index in [0.717, 1.165) is 4.31 Å². The number of benzene rings is 3. The summed E-state index contributed by atoms with van der Waals surface area (Å²) in [6.07, 6.45) is -0.409. The molecule has 4 rings (SSSR count). The van der Waals surface area contributed by atoms with Gasteiger partial charge in [0.05, 0.1) is 29.3 Å². The molecule has 1 heterocycles. The van der Waals surface area contributed by atoms with E-state index in [1.54, 1.807) is 60.7 Å². The predicted octanol–water partition coefficient (Wildman–Crippen LogP) is 3.27. The molecule has 0 bridgehead atoms. The van der Waals surface area contributed by atoms with Crippen LogP contribution in [0.5, 0.6) is 5.75 Å². The summed E-state index contributed by atoms with van der Waals surface area (Å²) < 4.78 is 34.1. The average Bonchev–Trinajstić information content (AvgIpc) is 2.89. The summed E-state index contributed by atoms with van der Waals surface area (Å²) in [5.74, 6) is -0.700. The third kappa shape index (κ3) is 5.94. The van der Waals surface area contributed by atoms with Gasteiger partial charge in [-0.15, -0.1) is 0 Å². The summed E-state index contributed by atoms with van der Waals surface area (Å²) in [5.41, 5.74) is 1.78. The molecule has 3 aromatic carbocycles. The van der Waals surface area contributed by atoms with Crippen molar-refractivity contribution in [1.29, 1.82) is 0 Å². The molecular formula is C27H28N4O6S. The number of amides is 3. The van der Waals surface area contributed by atoms with Gasteiger partial charge in [-0.05, 0) is 61.0 Å². The maximum atomic E-state index is 13.9. The van der Waals surface area contributed by atoms with Crippen molar-refractivity contribution in [2.75, 3.05) is 21.5 Å². The van der Waals surface area contributed by atoms with E-state index < -0.39 is 34.3 Å². The van der Waals surface area contributed by atoms with Gasteiger partial charge in [0.2, 0.25) is 17.7 Å². The Morgan fingerprint density at radius 1 is 1.00 bits per heavy atom. The molecule has 3 aromatic rings. The minimum absolute atomic E-state index is 0.0505. The zero-order valence-electron chi connectivity index (χ0n) is 20.9. The lowest BCUT2D eigenvalue weighted by Crippen LogP contribution is -2.52. The Hall–Kier alpha value is -4.38. The lowest BCUT2D eigenvalue weighted by atomic mass is 10.1. The van der Waals surface area contributed by atoms with Gasteiger partial charge < -0.3 is 20.7 Å². The molecule has 0 radical (unpaired) electrons. The van der Waals surface area contributed by atoms with Crippen LogP contribution in [0.15, 0.2) is 77.7 Å². The van der Waals surface area contributed by atoms with Crippen molar-refractivity contribution in [3.63, 3.8) is 0 Å². The molecule has 0 aromatic heterocycles. The van der Waals surface area contributed by atoms with Crippen LogP contribution in [0.2, 0.25) is 0 Å². The van der Waals surface area contributed by atoms with Crippen LogP contribution in [0.1, 0.15) is 25.8 Å². The zero-order valence-corrected chi connectivity index (χ0v) is 21.7. The van der Waals surface area contributed by atoms with E-state index in [2.05, 4.69) is 16.0 Å². The minimum atomic E-state index is -4.25. The number of nitrogens with zero attached hydrogens (tertiary/aromatic N) is 1. The first kappa shape index (κ1) is 26.7. The Bertz CT molecular complexity index is 1440. The molecule has 11 heteroatoms. The number of hydrogen-bond acceptors (Lipinski definition) is 6. The van der Waals surface area contributed by atoms with Crippen LogP contribution in [0.25, 0.3) is 0 Å². The number of hydrogen-bond donors (Lipinski definition) is 3. The summed E-state index contributed by atoms with van der Waals surface area (Å²) in [6.45, 7) is 4.01. The highest BCUT2D eigenvalue weighted by atomic mass is 32.2. The van der Waals surface area contributed by atoms with Crippen LogP contribution in [0, 0.1) is 0 Å². The Morgan fingerprint density at radius 3 is 2.34 bits per heavy atom. The summed E-state index contributed by atoms with van der Waals surface area (Å²) in [7, 11) is -4.25. The van der Waals surface area contributed by atoms with E-state index in [4.69, 9.17) is 4.74 Å². The monoisotopic (exact) mass is 536 g/mol. The lowest BCUT2D eigenvalue weighted by Gasteiger charge is -2.36. The largest absolute Gasteiger partial charge is 0.494 e. The van der Waals surface area contributed by atoms with E-state index in [9.17, 15) is 22.8 Å². The number of ether oxygens (including phenoxy) is 1. The van der Waals surface area contributed by atoms with Gasteiger partial charge in [0.15, 0.2) is 0 Å². The number of fused-ring (bicyclic) bond motifs is 1. The quantitative estimate of drug-likeness (QED) is 0.384. The molecule has 0 fully saturated rings. The van der Waals surface area contributed by atoms with E-state index >= 15 is 0 Å². The van der Waals surface area contributed by atoms with Crippen LogP contribution in [0.3, 0.4) is 0 Å². The number of para-hydroxylation sites is 2. The fourth-order valence-electron chi connectivity index (χ4n) is 4.04. The fraction of sp³-hybridized carbons (Fsp3) is 0.222. The molecule has 10 nitrogen and oxygen atoms in total. The minimum Gasteiger partial charge on any atom is -0.494 e. The Morgan fingerprint density at radius 2 is 1.68 bits per heavy atom. The average molecular weight is 537 g/mol. The van der Waals surface area contributed by atoms with Crippen molar-refractivity contribution in [3.8, 4) is 5.75 Å². The number of carbonyl (C=O) groups is 3. The predicted molar refractivity (Wildman–Crippen MR) is 143 cm³/mol. The first-order valence-corrected chi connectivity index (χ1v) is 13.4. The van der Waals surface area contributed by atoms with Gasteiger partial charge in [0.1, 0.15) is 11.8 Å². The van der Waals surface area contributed by atoms with Crippen LogP contribution in [-0.4, -0.2) is 38.8 Å². The van der Waals surface area contributed by atoms with Gasteiger partial charge in [-0.1, -0.05) is 24.3 Å². The third-order valence-corrected chi connectivity index (χ3v) is 7.67. The van der Waals surface area contributed by atoms with Crippen LogP contribution >= 0.6 is 0 Å². The van der Waals surface area contributed by atoms with Crippen molar-refractivity contribution in [3.05, 3.63) is 78.4 Å². The summed E-state index contributed by atoms with van der Waals surface area (Å²) in [6, 6.07) is 17.9. The molecular weight excluding hydrogens is 508 g/mol. The van der Waals surface area contributed by atoms with Gasteiger partial charge in [0.25, 0.3) is 10.0 Å². The second-order valence-electron chi connectivity index (χ2n) is 8.59. The van der Waals surface area contributed by atoms with E-state index in [0.29, 0.717) is 29.3 Å². The summed E-state index contributed by atoms with van der Waals surface area (Å²) >= 11 is 0. The number of nitrogens with one attached hydrogen (secondary N) is 3. The van der Waals surface area contributed by atoms with Gasteiger partial charge in [-0.25, -0.2) is 8.42 Å². The molecule has 0 unspecified atom stereocenters. The topological polar surface area (TPSA) is 134 Å². The van der Waals surface area contributed by atoms with Crippen LogP contribution < -0.4 is 25.0 Å². The van der Waals surface area contributed by atoms with Crippen molar-refractivity contribution >= 4 is 44.8 Å². The molecule has 3 N–H and O–H groups in total. The van der Waals surface area contributed by atoms with Gasteiger partial charge in [-0.3, -0.25) is 18.7 Å². The normalized spacial score (nSPS) is 14.7. The molecule has 1 aliphatic rings. The molecule has 198 valence electrons. The van der Waals surface area contributed by atoms with Crippen molar-refractivity contribution in [1.82, 2.24) is 5.32 Å². The maximum absolute atomic E-state index is 13.9. The second-order valence-corrected chi connectivity index (χ2v) is 10.4. The highest BCUT2D eigenvalue weighted by Gasteiger charge is 2.42. The second kappa shape index (κ2) is 11.3. The standard InChI is InChI=1S/C27H28N4O6S/c1-3-37-21-12-10-20(11-13-21)29-26(33)16-25-27(34)30-23-6-4-5-7-24(23)31(25)38(35,36)22-14-8-19(9-15-22)17-28-18(2)32/h4-15,25H,3,16-17H2,1-2H3,(H,28,32)(H,29,33)(H,30,34)/t25-/m1/s1. The first-order valence-electron chi connectivity index (χ1n) is 12.0. The van der Waals surface area contributed by atoms with Gasteiger partial charge in [-0.2, -0.15) is 0 Å². The zero-order chi connectivity index (χ0) is 27.3. The maximum Gasteiger partial charge on any atom is 0.265 e. The van der Waals surface area contributed by atoms with Crippen LogP contribution in [0.4, 0.5) is 17.1 Å². The lowest BCUT2D eigenvalue weighted by molar-refractivity contribution is -0.122. The van der Waals surface area contributed by atoms with E-state index in [1.807, 2.05) is 6.92 Å². The summed E-state index contributed by atoms with van der Waals surface area (Å²) in [5, 5.41) is 8.08. The first-order chi connectivity index (χ1) is 18.2. The Kier molecular flexibility index (Phi) is 7.96. The Balaban J connectivity index is 1.61. The SMILES string of the molecule is CCOc1ccc(NC(=O)C[C@@H]2C(=O)Nc3ccccc3N2S(=O)(=O)c2ccc(CNC(C)=O)cc2)cc1. The van der Waals surface area contributed by atoms with E-state index in [1.165, 1.54) is 19.1 Å². The highest BCUT2D eigenvalue weighted by Crippen LogP contribution is 2.37. The van der Waals surface area contributed by atoms with Gasteiger partial charge in [0, 0.05) is 19.2 Å². The molecule has 0 saturated heterocycles. The number of rotatable bonds is 9. The van der Waals surface area contributed by atoms with Crippen molar-refractivity contribution in [2.24, 2.45) is 0 Å². The Labute approximate surface area is 221 Å². The van der Waals surface area contributed by atoms with Gasteiger partial charge >= 0.3 is 0 Å². The van der Waals surface area contributed by atoms with Crippen molar-refractivity contribution in [2.45, 2.75) is 37.8 Å². The molecule has 0 spiro atoms. The number of sulfonamides is 1. The molecule has 0 aliphatic carbocycles.